The van der Waals surface area contributed by atoms with Crippen LogP contribution in [0.3, 0.4) is 0 Å². The molecule has 0 radical (unpaired) electrons. The Morgan fingerprint density at radius 1 is 1.24 bits per heavy atom. The summed E-state index contributed by atoms with van der Waals surface area (Å²) in [4.78, 5) is 30.2. The van der Waals surface area contributed by atoms with Gasteiger partial charge in [0.15, 0.2) is 5.82 Å². The van der Waals surface area contributed by atoms with E-state index in [-0.39, 0.29) is 24.7 Å². The van der Waals surface area contributed by atoms with Crippen molar-refractivity contribution < 1.29 is 37.0 Å². The Kier molecular flexibility index (Phi) is 5.87. The zero-order chi connectivity index (χ0) is 21.0. The van der Waals surface area contributed by atoms with Gasteiger partial charge in [0.05, 0.1) is 12.3 Å². The van der Waals surface area contributed by atoms with Crippen LogP contribution in [0.4, 0.5) is 24.7 Å². The summed E-state index contributed by atoms with van der Waals surface area (Å²) in [6, 6.07) is 7.79. The van der Waals surface area contributed by atoms with E-state index in [2.05, 4.69) is 15.0 Å². The Hall–Kier alpha value is -3.34. The summed E-state index contributed by atoms with van der Waals surface area (Å²) < 4.78 is 51.2. The van der Waals surface area contributed by atoms with Crippen LogP contribution in [0.15, 0.2) is 42.6 Å². The number of amides is 2. The van der Waals surface area contributed by atoms with E-state index in [1.54, 1.807) is 12.1 Å². The van der Waals surface area contributed by atoms with Gasteiger partial charge < -0.3 is 19.5 Å². The molecule has 2 aromatic rings. The molecule has 0 aliphatic carbocycles. The Bertz CT molecular complexity index is 889. The molecule has 0 spiro atoms. The number of alkyl halides is 3. The molecule has 2 amide bonds. The fourth-order valence-electron chi connectivity index (χ4n) is 2.67. The number of fused-ring (bicyclic) bond motifs is 1. The number of pyridine rings is 1. The number of benzene rings is 1. The highest BCUT2D eigenvalue weighted by Gasteiger charge is 2.34. The van der Waals surface area contributed by atoms with Gasteiger partial charge in [-0.25, -0.2) is 4.98 Å². The second-order valence-corrected chi connectivity index (χ2v) is 5.93. The van der Waals surface area contributed by atoms with Gasteiger partial charge in [-0.1, -0.05) is 0 Å². The van der Waals surface area contributed by atoms with Crippen molar-refractivity contribution in [1.29, 1.82) is 0 Å². The number of carbonyl (C=O) groups excluding carboxylic acids is 2. The van der Waals surface area contributed by atoms with E-state index in [0.717, 1.165) is 12.1 Å². The van der Waals surface area contributed by atoms with Crippen LogP contribution < -0.4 is 19.7 Å². The number of nitrogens with one attached hydrogen (secondary N) is 1. The lowest BCUT2D eigenvalue weighted by Crippen LogP contribution is -2.50. The molecule has 154 valence electrons. The highest BCUT2D eigenvalue weighted by atomic mass is 19.4. The number of hydrogen-bond acceptors (Lipinski definition) is 6. The number of nitrogens with zero attached hydrogens (tertiary/aromatic N) is 2. The molecule has 3 rings (SSSR count). The van der Waals surface area contributed by atoms with Crippen LogP contribution in [-0.4, -0.2) is 49.5 Å². The van der Waals surface area contributed by atoms with Crippen molar-refractivity contribution >= 4 is 23.3 Å². The highest BCUT2D eigenvalue weighted by Crippen LogP contribution is 2.28. The zero-order valence-corrected chi connectivity index (χ0v) is 15.1. The van der Waals surface area contributed by atoms with E-state index in [0.29, 0.717) is 5.69 Å². The number of rotatable bonds is 6. The van der Waals surface area contributed by atoms with Gasteiger partial charge in [0.1, 0.15) is 18.0 Å². The fourth-order valence-corrected chi connectivity index (χ4v) is 2.67. The monoisotopic (exact) mass is 411 g/mol. The first kappa shape index (κ1) is 20.4. The van der Waals surface area contributed by atoms with Crippen LogP contribution in [-0.2, 0) is 14.3 Å². The van der Waals surface area contributed by atoms with Crippen molar-refractivity contribution in [3.05, 3.63) is 42.6 Å². The van der Waals surface area contributed by atoms with Crippen molar-refractivity contribution in [3.63, 3.8) is 0 Å². The van der Waals surface area contributed by atoms with Gasteiger partial charge in [-0.3, -0.25) is 14.5 Å². The average molecular weight is 411 g/mol. The second kappa shape index (κ2) is 8.35. The Morgan fingerprint density at radius 3 is 2.59 bits per heavy atom. The lowest BCUT2D eigenvalue weighted by molar-refractivity contribution is -0.274. The quantitative estimate of drug-likeness (QED) is 0.785. The largest absolute Gasteiger partial charge is 0.573 e. The second-order valence-electron chi connectivity index (χ2n) is 5.93. The molecule has 0 bridgehead atoms. The molecule has 1 aromatic heterocycles. The number of hydrogen-bond donors (Lipinski definition) is 1. The van der Waals surface area contributed by atoms with E-state index in [9.17, 15) is 22.8 Å². The first-order chi connectivity index (χ1) is 13.8. The molecule has 2 heterocycles. The summed E-state index contributed by atoms with van der Waals surface area (Å²) in [5.74, 6) is -1.03. The maximum absolute atomic E-state index is 13.0. The predicted octanol–water partition coefficient (Wildman–Crippen LogP) is 2.36. The summed E-state index contributed by atoms with van der Waals surface area (Å²) in [6.45, 7) is -0.412. The van der Waals surface area contributed by atoms with Crippen LogP contribution in [0.2, 0.25) is 0 Å². The van der Waals surface area contributed by atoms with Crippen molar-refractivity contribution in [2.75, 3.05) is 30.5 Å². The third-order valence-corrected chi connectivity index (χ3v) is 3.81. The molecule has 1 aliphatic heterocycles. The highest BCUT2D eigenvalue weighted by molar-refractivity contribution is 6.10. The molecule has 29 heavy (non-hydrogen) atoms. The van der Waals surface area contributed by atoms with Crippen LogP contribution in [0.25, 0.3) is 0 Å². The van der Waals surface area contributed by atoms with Gasteiger partial charge in [-0.2, -0.15) is 0 Å². The Labute approximate surface area is 163 Å². The molecule has 1 N–H and O–H groups in total. The molecule has 0 saturated heterocycles. The van der Waals surface area contributed by atoms with Crippen molar-refractivity contribution in [2.24, 2.45) is 0 Å². The molecule has 1 aliphatic rings. The molecule has 0 saturated carbocycles. The maximum Gasteiger partial charge on any atom is 0.573 e. The zero-order valence-electron chi connectivity index (χ0n) is 15.1. The van der Waals surface area contributed by atoms with Crippen LogP contribution in [0.5, 0.6) is 11.5 Å². The summed E-state index contributed by atoms with van der Waals surface area (Å²) >= 11 is 0. The lowest BCUT2D eigenvalue weighted by Gasteiger charge is -2.30. The minimum atomic E-state index is -4.81. The minimum Gasteiger partial charge on any atom is -0.478 e. The number of anilines is 2. The molecule has 1 unspecified atom stereocenters. The standard InChI is InChI=1S/C18H16F3N3O5/c1-27-10-14(28-11-4-6-12(7-5-11)29-18(19,20)21)17(26)24-9-15(25)23-13-3-2-8-22-16(13)24/h2-8,14H,9-10H2,1H3,(H,23,25). The Balaban J connectivity index is 1.78. The van der Waals surface area contributed by atoms with Crippen molar-refractivity contribution in [2.45, 2.75) is 12.5 Å². The van der Waals surface area contributed by atoms with Gasteiger partial charge in [0, 0.05) is 13.3 Å². The van der Waals surface area contributed by atoms with E-state index in [1.807, 2.05) is 0 Å². The molecule has 8 nitrogen and oxygen atoms in total. The lowest BCUT2D eigenvalue weighted by atomic mass is 10.2. The van der Waals surface area contributed by atoms with Crippen molar-refractivity contribution in [1.82, 2.24) is 4.98 Å². The topological polar surface area (TPSA) is 90.0 Å². The summed E-state index contributed by atoms with van der Waals surface area (Å²) in [5.41, 5.74) is 0.377. The number of methoxy groups -OCH3 is 1. The third-order valence-electron chi connectivity index (χ3n) is 3.81. The van der Waals surface area contributed by atoms with Crippen LogP contribution >= 0.6 is 0 Å². The first-order valence-corrected chi connectivity index (χ1v) is 8.34. The third kappa shape index (κ3) is 5.13. The van der Waals surface area contributed by atoms with E-state index in [1.165, 1.54) is 30.3 Å². The van der Waals surface area contributed by atoms with Gasteiger partial charge in [-0.15, -0.1) is 13.2 Å². The fraction of sp³-hybridized carbons (Fsp3) is 0.278. The maximum atomic E-state index is 13.0. The first-order valence-electron chi connectivity index (χ1n) is 8.34. The number of aromatic nitrogens is 1. The number of carbonyl (C=O) groups is 2. The molecular formula is C18H16F3N3O5. The van der Waals surface area contributed by atoms with Gasteiger partial charge in [0.25, 0.3) is 5.91 Å². The molecular weight excluding hydrogens is 395 g/mol. The molecule has 0 fully saturated rings. The van der Waals surface area contributed by atoms with E-state index < -0.39 is 30.0 Å². The van der Waals surface area contributed by atoms with Crippen LogP contribution in [0.1, 0.15) is 0 Å². The number of halogens is 3. The predicted molar refractivity (Wildman–Crippen MR) is 94.6 cm³/mol. The minimum absolute atomic E-state index is 0.123. The molecule has 11 heteroatoms. The van der Waals surface area contributed by atoms with Crippen LogP contribution in [0, 0.1) is 0 Å². The van der Waals surface area contributed by atoms with E-state index in [4.69, 9.17) is 9.47 Å². The van der Waals surface area contributed by atoms with Crippen molar-refractivity contribution in [3.8, 4) is 11.5 Å². The van der Waals surface area contributed by atoms with E-state index >= 15 is 0 Å². The van der Waals surface area contributed by atoms with Gasteiger partial charge >= 0.3 is 6.36 Å². The molecule has 1 atom stereocenters. The smallest absolute Gasteiger partial charge is 0.478 e. The Morgan fingerprint density at radius 2 is 1.93 bits per heavy atom. The average Bonchev–Trinajstić information content (AvgIpc) is 2.66. The SMILES string of the molecule is COCC(Oc1ccc(OC(F)(F)F)cc1)C(=O)N1CC(=O)Nc2cccnc21. The summed E-state index contributed by atoms with van der Waals surface area (Å²) in [6.07, 6.45) is -4.50. The normalized spacial score (nSPS) is 14.6. The summed E-state index contributed by atoms with van der Waals surface area (Å²) in [7, 11) is 1.36. The molecule has 1 aromatic carbocycles. The summed E-state index contributed by atoms with van der Waals surface area (Å²) in [5, 5.41) is 2.62. The number of ether oxygens (including phenoxy) is 3. The van der Waals surface area contributed by atoms with Gasteiger partial charge in [0.2, 0.25) is 12.0 Å². The van der Waals surface area contributed by atoms with Gasteiger partial charge in [-0.05, 0) is 36.4 Å².